The van der Waals surface area contributed by atoms with Gasteiger partial charge in [-0.3, -0.25) is 4.79 Å². The number of rotatable bonds is 2. The topological polar surface area (TPSA) is 53.7 Å². The molecule has 3 aliphatic rings. The third kappa shape index (κ3) is 2.50. The first kappa shape index (κ1) is 15.2. The number of anilines is 1. The van der Waals surface area contributed by atoms with E-state index in [0.717, 1.165) is 61.6 Å². The lowest BCUT2D eigenvalue weighted by atomic mass is 10.0. The lowest BCUT2D eigenvalue weighted by Gasteiger charge is -2.23. The number of aryl methyl sites for hydroxylation is 1. The van der Waals surface area contributed by atoms with E-state index in [1.165, 1.54) is 19.3 Å². The number of hydrogen-bond acceptors (Lipinski definition) is 4. The molecule has 6 nitrogen and oxygen atoms in total. The lowest BCUT2D eigenvalue weighted by Crippen LogP contribution is -2.36. The molecule has 25 heavy (non-hydrogen) atoms. The van der Waals surface area contributed by atoms with E-state index in [2.05, 4.69) is 25.9 Å². The molecule has 3 unspecified atom stereocenters. The number of amides is 1. The highest BCUT2D eigenvalue weighted by Gasteiger charge is 2.41. The smallest absolute Gasteiger partial charge is 0.227 e. The van der Waals surface area contributed by atoms with E-state index in [-0.39, 0.29) is 5.92 Å². The zero-order valence-electron chi connectivity index (χ0n) is 14.8. The van der Waals surface area contributed by atoms with Crippen LogP contribution in [-0.2, 0) is 4.79 Å². The summed E-state index contributed by atoms with van der Waals surface area (Å²) >= 11 is 0. The Hall–Kier alpha value is -2.11. The van der Waals surface area contributed by atoms with Crippen molar-refractivity contribution in [2.75, 3.05) is 31.1 Å². The van der Waals surface area contributed by atoms with Crippen molar-refractivity contribution in [2.45, 2.75) is 32.6 Å². The summed E-state index contributed by atoms with van der Waals surface area (Å²) < 4.78 is 1.89. The predicted octanol–water partition coefficient (Wildman–Crippen LogP) is 2.12. The first-order valence-corrected chi connectivity index (χ1v) is 9.54. The van der Waals surface area contributed by atoms with Crippen LogP contribution in [0.5, 0.6) is 0 Å². The predicted molar refractivity (Wildman–Crippen MR) is 95.5 cm³/mol. The molecule has 3 fully saturated rings. The molecule has 3 atom stereocenters. The van der Waals surface area contributed by atoms with Crippen molar-refractivity contribution in [3.8, 4) is 0 Å². The van der Waals surface area contributed by atoms with E-state index < -0.39 is 0 Å². The molecule has 0 spiro atoms. The number of nitrogens with zero attached hydrogens (tertiary/aromatic N) is 5. The van der Waals surface area contributed by atoms with Crippen molar-refractivity contribution in [3.63, 3.8) is 0 Å². The Balaban J connectivity index is 1.32. The molecule has 1 saturated carbocycles. The summed E-state index contributed by atoms with van der Waals surface area (Å²) in [4.78, 5) is 22.0. The molecule has 5 rings (SSSR count). The van der Waals surface area contributed by atoms with E-state index in [0.29, 0.717) is 5.91 Å². The highest BCUT2D eigenvalue weighted by molar-refractivity contribution is 5.80. The fraction of sp³-hybridized carbons (Fsp3) is 0.632. The summed E-state index contributed by atoms with van der Waals surface area (Å²) in [5.41, 5.74) is 1.86. The number of aromatic nitrogens is 3. The zero-order chi connectivity index (χ0) is 17.0. The van der Waals surface area contributed by atoms with Crippen molar-refractivity contribution in [1.29, 1.82) is 0 Å². The summed E-state index contributed by atoms with van der Waals surface area (Å²) in [6, 6.07) is 4.01. The Kier molecular flexibility index (Phi) is 3.47. The molecule has 132 valence electrons. The van der Waals surface area contributed by atoms with Crippen LogP contribution in [0.3, 0.4) is 0 Å². The second kappa shape index (κ2) is 5.71. The van der Waals surface area contributed by atoms with Gasteiger partial charge in [0, 0.05) is 44.0 Å². The number of carbonyl (C=O) groups excluding carboxylic acids is 1. The molecule has 2 aliphatic heterocycles. The van der Waals surface area contributed by atoms with Crippen LogP contribution in [0, 0.1) is 24.7 Å². The fourth-order valence-electron chi connectivity index (χ4n) is 5.09. The van der Waals surface area contributed by atoms with E-state index in [1.54, 1.807) is 6.20 Å². The van der Waals surface area contributed by atoms with Gasteiger partial charge in [-0.2, -0.15) is 9.61 Å². The Labute approximate surface area is 147 Å². The van der Waals surface area contributed by atoms with Crippen molar-refractivity contribution >= 4 is 17.4 Å². The summed E-state index contributed by atoms with van der Waals surface area (Å²) in [7, 11) is 0. The van der Waals surface area contributed by atoms with Crippen LogP contribution in [-0.4, -0.2) is 51.6 Å². The summed E-state index contributed by atoms with van der Waals surface area (Å²) in [5.74, 6) is 3.10. The number of carbonyl (C=O) groups is 1. The summed E-state index contributed by atoms with van der Waals surface area (Å²) in [5, 5.41) is 4.41. The maximum Gasteiger partial charge on any atom is 0.227 e. The van der Waals surface area contributed by atoms with Gasteiger partial charge in [0.1, 0.15) is 5.82 Å². The number of hydrogen-bond donors (Lipinski definition) is 0. The van der Waals surface area contributed by atoms with Crippen LogP contribution in [0.1, 0.15) is 31.4 Å². The first-order chi connectivity index (χ1) is 12.2. The van der Waals surface area contributed by atoms with E-state index in [9.17, 15) is 4.79 Å². The van der Waals surface area contributed by atoms with Gasteiger partial charge >= 0.3 is 0 Å². The van der Waals surface area contributed by atoms with E-state index in [1.807, 2.05) is 17.5 Å². The van der Waals surface area contributed by atoms with Crippen molar-refractivity contribution in [3.05, 3.63) is 24.0 Å². The average molecular weight is 339 g/mol. The Morgan fingerprint density at radius 1 is 1.16 bits per heavy atom. The molecule has 1 amide bonds. The van der Waals surface area contributed by atoms with Gasteiger partial charge in [0.05, 0.1) is 12.1 Å². The van der Waals surface area contributed by atoms with Gasteiger partial charge in [-0.15, -0.1) is 0 Å². The van der Waals surface area contributed by atoms with Crippen molar-refractivity contribution in [2.24, 2.45) is 17.8 Å². The quantitative estimate of drug-likeness (QED) is 0.841. The largest absolute Gasteiger partial charge is 0.356 e. The van der Waals surface area contributed by atoms with E-state index >= 15 is 0 Å². The second-order valence-electron chi connectivity index (χ2n) is 7.98. The molecule has 1 aliphatic carbocycles. The maximum absolute atomic E-state index is 13.0. The highest BCUT2D eigenvalue weighted by atomic mass is 16.2. The minimum Gasteiger partial charge on any atom is -0.356 e. The van der Waals surface area contributed by atoms with Gasteiger partial charge in [-0.05, 0) is 38.0 Å². The molecule has 2 aromatic heterocycles. The molecule has 0 N–H and O–H groups in total. The maximum atomic E-state index is 13.0. The third-order valence-electron chi connectivity index (χ3n) is 6.37. The Bertz CT molecular complexity index is 803. The normalized spacial score (nSPS) is 28.9. The van der Waals surface area contributed by atoms with Crippen molar-refractivity contribution < 1.29 is 4.79 Å². The van der Waals surface area contributed by atoms with Gasteiger partial charge in [0.2, 0.25) is 5.91 Å². The lowest BCUT2D eigenvalue weighted by molar-refractivity contribution is -0.134. The molecule has 0 bridgehead atoms. The summed E-state index contributed by atoms with van der Waals surface area (Å²) in [6.45, 7) is 5.71. The van der Waals surface area contributed by atoms with Crippen LogP contribution >= 0.6 is 0 Å². The monoisotopic (exact) mass is 339 g/mol. The molecule has 0 radical (unpaired) electrons. The highest BCUT2D eigenvalue weighted by Crippen LogP contribution is 2.38. The van der Waals surface area contributed by atoms with Crippen LogP contribution < -0.4 is 4.90 Å². The molecule has 6 heteroatoms. The first-order valence-electron chi connectivity index (χ1n) is 9.54. The van der Waals surface area contributed by atoms with Gasteiger partial charge in [-0.1, -0.05) is 6.42 Å². The minimum absolute atomic E-state index is 0.123. The van der Waals surface area contributed by atoms with Gasteiger partial charge in [0.15, 0.2) is 5.65 Å². The van der Waals surface area contributed by atoms with Gasteiger partial charge in [0.25, 0.3) is 0 Å². The van der Waals surface area contributed by atoms with Crippen LogP contribution in [0.4, 0.5) is 5.82 Å². The van der Waals surface area contributed by atoms with Crippen molar-refractivity contribution in [1.82, 2.24) is 19.5 Å². The fourth-order valence-corrected chi connectivity index (χ4v) is 5.09. The third-order valence-corrected chi connectivity index (χ3v) is 6.37. The van der Waals surface area contributed by atoms with Gasteiger partial charge in [-0.25, -0.2) is 4.98 Å². The SMILES string of the molecule is Cc1cc(N2CCC(C(=O)N3CC4CCCC4C3)C2)n2nccc2n1. The van der Waals surface area contributed by atoms with Crippen LogP contribution in [0.25, 0.3) is 5.65 Å². The molecule has 2 aromatic rings. The Morgan fingerprint density at radius 2 is 1.96 bits per heavy atom. The number of fused-ring (bicyclic) bond motifs is 2. The summed E-state index contributed by atoms with van der Waals surface area (Å²) in [6.07, 6.45) is 6.72. The minimum atomic E-state index is 0.123. The number of likely N-dealkylation sites (tertiary alicyclic amines) is 1. The molecular weight excluding hydrogens is 314 g/mol. The molecule has 0 aromatic carbocycles. The van der Waals surface area contributed by atoms with Gasteiger partial charge < -0.3 is 9.80 Å². The Morgan fingerprint density at radius 3 is 2.76 bits per heavy atom. The molecule has 2 saturated heterocycles. The molecular formula is C19H25N5O. The average Bonchev–Trinajstić information content (AvgIpc) is 3.34. The van der Waals surface area contributed by atoms with Crippen LogP contribution in [0.15, 0.2) is 18.3 Å². The standard InChI is InChI=1S/C19H25N5O/c1-13-9-18(24-17(21-13)5-7-20-24)22-8-6-16(12-22)19(25)23-10-14-3-2-4-15(14)11-23/h5,7,9,14-16H,2-4,6,8,10-12H2,1H3. The van der Waals surface area contributed by atoms with Crippen LogP contribution in [0.2, 0.25) is 0 Å². The second-order valence-corrected chi connectivity index (χ2v) is 7.98. The van der Waals surface area contributed by atoms with E-state index in [4.69, 9.17) is 0 Å². The zero-order valence-corrected chi connectivity index (χ0v) is 14.8. The molecule has 4 heterocycles.